The minimum atomic E-state index is 0.302. The van der Waals surface area contributed by atoms with E-state index in [2.05, 4.69) is 41.3 Å². The lowest BCUT2D eigenvalue weighted by Gasteiger charge is -2.29. The van der Waals surface area contributed by atoms with Gasteiger partial charge in [0, 0.05) is 17.5 Å². The number of carbonyl (C=O) groups excluding carboxylic acids is 1. The maximum Gasteiger partial charge on any atom is 0.237 e. The Morgan fingerprint density at radius 2 is 2.30 bits per heavy atom. The van der Waals surface area contributed by atoms with Gasteiger partial charge in [-0.1, -0.05) is 6.07 Å². The lowest BCUT2D eigenvalue weighted by molar-refractivity contribution is -0.133. The molecule has 1 aliphatic heterocycles. The molecule has 2 fully saturated rings. The normalized spacial score (nSPS) is 24.4. The van der Waals surface area contributed by atoms with Crippen LogP contribution in [0.3, 0.4) is 0 Å². The molecule has 110 valence electrons. The predicted octanol–water partition coefficient (Wildman–Crippen LogP) is 3.14. The second-order valence-electron chi connectivity index (χ2n) is 6.25. The molecular weight excluding hydrogens is 268 g/mol. The summed E-state index contributed by atoms with van der Waals surface area (Å²) in [6.45, 7) is 3.75. The van der Waals surface area contributed by atoms with E-state index < -0.39 is 0 Å². The molecule has 1 aromatic heterocycles. The van der Waals surface area contributed by atoms with Crippen LogP contribution in [0.2, 0.25) is 0 Å². The van der Waals surface area contributed by atoms with Gasteiger partial charge >= 0.3 is 0 Å². The van der Waals surface area contributed by atoms with Crippen molar-refractivity contribution >= 4 is 17.2 Å². The molecule has 0 aromatic carbocycles. The van der Waals surface area contributed by atoms with Crippen LogP contribution in [0.25, 0.3) is 0 Å². The van der Waals surface area contributed by atoms with E-state index >= 15 is 0 Å². The third-order valence-electron chi connectivity index (χ3n) is 4.83. The minimum absolute atomic E-state index is 0.302. The molecule has 0 N–H and O–H groups in total. The summed E-state index contributed by atoms with van der Waals surface area (Å²) < 4.78 is 0. The molecule has 2 heterocycles. The van der Waals surface area contributed by atoms with Crippen molar-refractivity contribution in [3.05, 3.63) is 22.4 Å². The molecule has 0 radical (unpaired) electrons. The smallest absolute Gasteiger partial charge is 0.237 e. The van der Waals surface area contributed by atoms with Gasteiger partial charge in [0.25, 0.3) is 0 Å². The van der Waals surface area contributed by atoms with E-state index in [1.807, 2.05) is 0 Å². The van der Waals surface area contributed by atoms with Gasteiger partial charge in [-0.3, -0.25) is 9.69 Å². The highest BCUT2D eigenvalue weighted by atomic mass is 32.1. The molecule has 1 amide bonds. The molecule has 3 nitrogen and oxygen atoms in total. The average Bonchev–Trinajstić information content (AvgIpc) is 2.94. The van der Waals surface area contributed by atoms with Crippen LogP contribution < -0.4 is 0 Å². The van der Waals surface area contributed by atoms with Crippen molar-refractivity contribution in [1.82, 2.24) is 9.80 Å². The molecule has 20 heavy (non-hydrogen) atoms. The van der Waals surface area contributed by atoms with E-state index in [-0.39, 0.29) is 0 Å². The molecule has 1 saturated carbocycles. The molecule has 1 saturated heterocycles. The Hall–Kier alpha value is -0.870. The number of hydrogen-bond acceptors (Lipinski definition) is 3. The van der Waals surface area contributed by atoms with Gasteiger partial charge in [0.2, 0.25) is 5.91 Å². The largest absolute Gasteiger partial charge is 0.334 e. The molecule has 4 heteroatoms. The molecule has 0 bridgehead atoms. The lowest BCUT2D eigenvalue weighted by atomic mass is 10.1. The number of likely N-dealkylation sites (N-methyl/N-ethyl adjacent to an activating group) is 1. The summed E-state index contributed by atoms with van der Waals surface area (Å²) in [5, 5.41) is 2.11. The maximum atomic E-state index is 12.6. The fourth-order valence-electron chi connectivity index (χ4n) is 3.23. The Balaban J connectivity index is 1.61. The summed E-state index contributed by atoms with van der Waals surface area (Å²) in [5.41, 5.74) is 0. The zero-order valence-corrected chi connectivity index (χ0v) is 13.2. The zero-order chi connectivity index (χ0) is 14.1. The predicted molar refractivity (Wildman–Crippen MR) is 82.8 cm³/mol. The number of thiophene rings is 1. The fraction of sp³-hybridized carbons (Fsp3) is 0.688. The first-order valence-electron chi connectivity index (χ1n) is 7.70. The van der Waals surface area contributed by atoms with Gasteiger partial charge < -0.3 is 4.90 Å². The van der Waals surface area contributed by atoms with Gasteiger partial charge in [0.15, 0.2) is 0 Å². The van der Waals surface area contributed by atoms with Crippen molar-refractivity contribution in [2.75, 3.05) is 20.1 Å². The molecule has 1 aromatic rings. The van der Waals surface area contributed by atoms with E-state index in [4.69, 9.17) is 0 Å². The van der Waals surface area contributed by atoms with Gasteiger partial charge in [-0.05, 0) is 57.0 Å². The molecular formula is C16H24N2OS. The molecule has 2 atom stereocenters. The number of carbonyl (C=O) groups is 1. The number of amides is 1. The second-order valence-corrected chi connectivity index (χ2v) is 7.23. The van der Waals surface area contributed by atoms with Crippen molar-refractivity contribution in [3.8, 4) is 0 Å². The monoisotopic (exact) mass is 292 g/mol. The summed E-state index contributed by atoms with van der Waals surface area (Å²) in [7, 11) is 2.09. The van der Waals surface area contributed by atoms with Crippen LogP contribution in [0.5, 0.6) is 0 Å². The maximum absolute atomic E-state index is 12.6. The van der Waals surface area contributed by atoms with Crippen molar-refractivity contribution in [2.45, 2.75) is 44.7 Å². The standard InChI is InChI=1S/C16H24N2OS/c1-12(13-7-8-13)17(2)11-16(19)18-9-3-5-14(18)15-6-4-10-20-15/h4,6,10,12-14H,3,5,7-9,11H2,1-2H3. The Morgan fingerprint density at radius 3 is 2.95 bits per heavy atom. The van der Waals surface area contributed by atoms with E-state index in [1.165, 1.54) is 17.7 Å². The van der Waals surface area contributed by atoms with Gasteiger partial charge in [0.1, 0.15) is 0 Å². The van der Waals surface area contributed by atoms with E-state index in [9.17, 15) is 4.79 Å². The number of nitrogens with zero attached hydrogens (tertiary/aromatic N) is 2. The third-order valence-corrected chi connectivity index (χ3v) is 5.80. The Morgan fingerprint density at radius 1 is 1.50 bits per heavy atom. The van der Waals surface area contributed by atoms with E-state index in [0.29, 0.717) is 24.5 Å². The van der Waals surface area contributed by atoms with Crippen molar-refractivity contribution in [2.24, 2.45) is 5.92 Å². The van der Waals surface area contributed by atoms with Crippen LogP contribution in [0.1, 0.15) is 43.5 Å². The van der Waals surface area contributed by atoms with Crippen LogP contribution >= 0.6 is 11.3 Å². The van der Waals surface area contributed by atoms with Crippen LogP contribution in [0, 0.1) is 5.92 Å². The Bertz CT molecular complexity index is 455. The van der Waals surface area contributed by atoms with Crippen LogP contribution in [-0.4, -0.2) is 41.9 Å². The molecule has 2 unspecified atom stereocenters. The van der Waals surface area contributed by atoms with Crippen molar-refractivity contribution in [3.63, 3.8) is 0 Å². The molecule has 0 spiro atoms. The fourth-order valence-corrected chi connectivity index (χ4v) is 4.10. The summed E-state index contributed by atoms with van der Waals surface area (Å²) >= 11 is 1.77. The first kappa shape index (κ1) is 14.1. The van der Waals surface area contributed by atoms with Crippen LogP contribution in [-0.2, 0) is 4.79 Å². The highest BCUT2D eigenvalue weighted by Gasteiger charge is 2.34. The van der Waals surface area contributed by atoms with E-state index in [1.54, 1.807) is 11.3 Å². The third kappa shape index (κ3) is 2.91. The highest BCUT2D eigenvalue weighted by Crippen LogP contribution is 2.36. The number of likely N-dealkylation sites (tertiary alicyclic amines) is 1. The van der Waals surface area contributed by atoms with Crippen molar-refractivity contribution in [1.29, 1.82) is 0 Å². The number of rotatable bonds is 5. The molecule has 2 aliphatic rings. The quantitative estimate of drug-likeness (QED) is 0.832. The highest BCUT2D eigenvalue weighted by molar-refractivity contribution is 7.10. The Labute approximate surface area is 125 Å². The first-order chi connectivity index (χ1) is 9.66. The topological polar surface area (TPSA) is 23.6 Å². The summed E-state index contributed by atoms with van der Waals surface area (Å²) in [4.78, 5) is 18.3. The van der Waals surface area contributed by atoms with Gasteiger partial charge in [-0.15, -0.1) is 11.3 Å². The van der Waals surface area contributed by atoms with Crippen LogP contribution in [0.4, 0.5) is 0 Å². The zero-order valence-electron chi connectivity index (χ0n) is 12.4. The van der Waals surface area contributed by atoms with Crippen LogP contribution in [0.15, 0.2) is 17.5 Å². The summed E-state index contributed by atoms with van der Waals surface area (Å²) in [5.74, 6) is 1.12. The second kappa shape index (κ2) is 5.86. The average molecular weight is 292 g/mol. The SMILES string of the molecule is CC(C1CC1)N(C)CC(=O)N1CCCC1c1cccs1. The number of hydrogen-bond donors (Lipinski definition) is 0. The summed E-state index contributed by atoms with van der Waals surface area (Å²) in [6.07, 6.45) is 4.92. The Kier molecular flexibility index (Phi) is 4.13. The molecule has 3 rings (SSSR count). The van der Waals surface area contributed by atoms with Crippen molar-refractivity contribution < 1.29 is 4.79 Å². The van der Waals surface area contributed by atoms with Gasteiger partial charge in [-0.2, -0.15) is 0 Å². The van der Waals surface area contributed by atoms with Gasteiger partial charge in [-0.25, -0.2) is 0 Å². The van der Waals surface area contributed by atoms with Gasteiger partial charge in [0.05, 0.1) is 12.6 Å². The first-order valence-corrected chi connectivity index (χ1v) is 8.58. The summed E-state index contributed by atoms with van der Waals surface area (Å²) in [6, 6.07) is 5.12. The lowest BCUT2D eigenvalue weighted by Crippen LogP contribution is -2.42. The molecule has 1 aliphatic carbocycles. The minimum Gasteiger partial charge on any atom is -0.334 e. The van der Waals surface area contributed by atoms with E-state index in [0.717, 1.165) is 25.3 Å².